The smallest absolute Gasteiger partial charge is 0.295 e. The first-order chi connectivity index (χ1) is 17.5. The van der Waals surface area contributed by atoms with E-state index in [1.54, 1.807) is 29.2 Å². The fourth-order valence-electron chi connectivity index (χ4n) is 4.58. The van der Waals surface area contributed by atoms with E-state index in [9.17, 15) is 14.7 Å². The van der Waals surface area contributed by atoms with Gasteiger partial charge in [-0.05, 0) is 48.4 Å². The molecule has 2 heterocycles. The number of benzene rings is 2. The quantitative estimate of drug-likeness (QED) is 0.216. The second kappa shape index (κ2) is 12.4. The van der Waals surface area contributed by atoms with Crippen LogP contribution in [0.1, 0.15) is 43.4 Å². The first-order valence-corrected chi connectivity index (χ1v) is 12.9. The average Bonchev–Trinajstić information content (AvgIpc) is 3.16. The predicted octanol–water partition coefficient (Wildman–Crippen LogP) is 4.66. The molecular weight excluding hydrogens is 480 g/mol. The number of hydrogen-bond acceptors (Lipinski definition) is 6. The Labute approximate surface area is 217 Å². The lowest BCUT2D eigenvalue weighted by atomic mass is 9.95. The molecule has 2 aliphatic heterocycles. The Balaban J connectivity index is 1.64. The number of hydrogen-bond donors (Lipinski definition) is 1. The first kappa shape index (κ1) is 26.2. The molecule has 1 unspecified atom stereocenters. The lowest BCUT2D eigenvalue weighted by molar-refractivity contribution is -0.140. The van der Waals surface area contributed by atoms with E-state index in [1.807, 2.05) is 24.3 Å². The third kappa shape index (κ3) is 6.09. The summed E-state index contributed by atoms with van der Waals surface area (Å²) in [5, 5.41) is 11.7. The van der Waals surface area contributed by atoms with E-state index in [1.165, 1.54) is 0 Å². The van der Waals surface area contributed by atoms with E-state index in [0.29, 0.717) is 43.5 Å². The Morgan fingerprint density at radius 3 is 2.39 bits per heavy atom. The summed E-state index contributed by atoms with van der Waals surface area (Å²) in [7, 11) is 0. The summed E-state index contributed by atoms with van der Waals surface area (Å²) in [4.78, 5) is 30.2. The molecular formula is C28H33ClN2O5. The lowest BCUT2D eigenvalue weighted by Gasteiger charge is -2.31. The highest BCUT2D eigenvalue weighted by atomic mass is 35.5. The highest BCUT2D eigenvalue weighted by Crippen LogP contribution is 2.39. The van der Waals surface area contributed by atoms with Gasteiger partial charge in [0.2, 0.25) is 0 Å². The fourth-order valence-corrected chi connectivity index (χ4v) is 4.71. The van der Waals surface area contributed by atoms with Gasteiger partial charge in [0.25, 0.3) is 11.7 Å². The maximum Gasteiger partial charge on any atom is 0.295 e. The molecule has 2 aromatic carbocycles. The number of amides is 1. The number of aliphatic hydroxyl groups is 1. The van der Waals surface area contributed by atoms with Gasteiger partial charge in [0.1, 0.15) is 11.5 Å². The lowest BCUT2D eigenvalue weighted by Crippen LogP contribution is -2.42. The molecule has 2 aromatic rings. The normalized spacial score (nSPS) is 20.2. The summed E-state index contributed by atoms with van der Waals surface area (Å²) in [5.41, 5.74) is 1.26. The van der Waals surface area contributed by atoms with Gasteiger partial charge in [-0.3, -0.25) is 14.5 Å². The Morgan fingerprint density at radius 1 is 1.03 bits per heavy atom. The number of rotatable bonds is 10. The zero-order chi connectivity index (χ0) is 25.5. The van der Waals surface area contributed by atoms with Crippen molar-refractivity contribution in [2.45, 2.75) is 32.2 Å². The van der Waals surface area contributed by atoms with Crippen molar-refractivity contribution >= 4 is 29.1 Å². The molecule has 192 valence electrons. The number of halogens is 1. The molecule has 0 saturated carbocycles. The van der Waals surface area contributed by atoms with Crippen molar-refractivity contribution in [2.24, 2.45) is 0 Å². The molecule has 36 heavy (non-hydrogen) atoms. The Kier molecular flexibility index (Phi) is 9.02. The van der Waals surface area contributed by atoms with E-state index in [0.717, 1.165) is 43.7 Å². The summed E-state index contributed by atoms with van der Waals surface area (Å²) in [6.07, 6.45) is 3.22. The van der Waals surface area contributed by atoms with Gasteiger partial charge in [0.15, 0.2) is 0 Å². The second-order valence-corrected chi connectivity index (χ2v) is 9.51. The number of nitrogens with zero attached hydrogens (tertiary/aromatic N) is 2. The van der Waals surface area contributed by atoms with Crippen molar-refractivity contribution in [1.29, 1.82) is 0 Å². The van der Waals surface area contributed by atoms with Crippen LogP contribution in [-0.4, -0.2) is 72.6 Å². The van der Waals surface area contributed by atoms with Crippen molar-refractivity contribution in [3.05, 3.63) is 70.3 Å². The highest BCUT2D eigenvalue weighted by Gasteiger charge is 2.46. The van der Waals surface area contributed by atoms with Crippen molar-refractivity contribution in [3.8, 4) is 5.75 Å². The van der Waals surface area contributed by atoms with Gasteiger partial charge in [-0.25, -0.2) is 0 Å². The SMILES string of the molecule is CCCCCOc1ccc(C2/C(=C(\O)c3ccc(Cl)cc3)C(=O)C(=O)N2CCN2CCOCC2)cc1. The topological polar surface area (TPSA) is 79.3 Å². The summed E-state index contributed by atoms with van der Waals surface area (Å²) in [5.74, 6) is -0.764. The van der Waals surface area contributed by atoms with Gasteiger partial charge in [-0.1, -0.05) is 43.5 Å². The van der Waals surface area contributed by atoms with Crippen molar-refractivity contribution in [2.75, 3.05) is 46.0 Å². The molecule has 2 fully saturated rings. The number of morpholine rings is 1. The Morgan fingerprint density at radius 2 is 1.72 bits per heavy atom. The molecule has 7 nitrogen and oxygen atoms in total. The van der Waals surface area contributed by atoms with Crippen LogP contribution in [0, 0.1) is 0 Å². The summed E-state index contributed by atoms with van der Waals surface area (Å²) < 4.78 is 11.3. The number of carbonyl (C=O) groups is 2. The van der Waals surface area contributed by atoms with Crippen LogP contribution < -0.4 is 4.74 Å². The van der Waals surface area contributed by atoms with Crippen LogP contribution in [-0.2, 0) is 14.3 Å². The van der Waals surface area contributed by atoms with Gasteiger partial charge in [0, 0.05) is 36.8 Å². The monoisotopic (exact) mass is 512 g/mol. The Bertz CT molecular complexity index is 1080. The second-order valence-electron chi connectivity index (χ2n) is 9.08. The number of unbranched alkanes of at least 4 members (excludes halogenated alkanes) is 2. The highest BCUT2D eigenvalue weighted by molar-refractivity contribution is 6.46. The summed E-state index contributed by atoms with van der Waals surface area (Å²) in [6.45, 7) is 6.63. The fraction of sp³-hybridized carbons (Fsp3) is 0.429. The minimum atomic E-state index is -0.698. The van der Waals surface area contributed by atoms with E-state index in [-0.39, 0.29) is 11.3 Å². The van der Waals surface area contributed by atoms with Crippen molar-refractivity contribution in [3.63, 3.8) is 0 Å². The third-order valence-corrected chi connectivity index (χ3v) is 6.88. The standard InChI is InChI=1S/C28H33ClN2O5/c1-2-3-4-17-36-23-11-7-20(8-12-23)25-24(26(32)21-5-9-22(29)10-6-21)27(33)28(34)31(25)14-13-30-15-18-35-19-16-30/h5-12,25,32H,2-4,13-19H2,1H3/b26-24+. The molecule has 1 N–H and O–H groups in total. The van der Waals surface area contributed by atoms with E-state index in [2.05, 4.69) is 11.8 Å². The zero-order valence-corrected chi connectivity index (χ0v) is 21.4. The molecule has 4 rings (SSSR count). The summed E-state index contributed by atoms with van der Waals surface area (Å²) in [6, 6.07) is 13.3. The minimum absolute atomic E-state index is 0.0842. The average molecular weight is 513 g/mol. The van der Waals surface area contributed by atoms with E-state index in [4.69, 9.17) is 21.1 Å². The third-order valence-electron chi connectivity index (χ3n) is 6.63. The molecule has 0 aliphatic carbocycles. The molecule has 1 amide bonds. The summed E-state index contributed by atoms with van der Waals surface area (Å²) >= 11 is 6.01. The van der Waals surface area contributed by atoms with Crippen LogP contribution in [0.4, 0.5) is 0 Å². The van der Waals surface area contributed by atoms with Crippen LogP contribution in [0.2, 0.25) is 5.02 Å². The van der Waals surface area contributed by atoms with E-state index >= 15 is 0 Å². The first-order valence-electron chi connectivity index (χ1n) is 12.6. The molecule has 0 aromatic heterocycles. The van der Waals surface area contributed by atoms with Crippen LogP contribution in [0.3, 0.4) is 0 Å². The molecule has 2 saturated heterocycles. The van der Waals surface area contributed by atoms with Crippen molar-refractivity contribution in [1.82, 2.24) is 9.80 Å². The Hall–Kier alpha value is -2.87. The predicted molar refractivity (Wildman–Crippen MR) is 139 cm³/mol. The van der Waals surface area contributed by atoms with Crippen LogP contribution in [0.5, 0.6) is 5.75 Å². The van der Waals surface area contributed by atoms with Crippen LogP contribution in [0.15, 0.2) is 54.1 Å². The number of ketones is 1. The number of aliphatic hydroxyl groups excluding tert-OH is 1. The van der Waals surface area contributed by atoms with Gasteiger partial charge in [-0.2, -0.15) is 0 Å². The van der Waals surface area contributed by atoms with Crippen LogP contribution in [0.25, 0.3) is 5.76 Å². The largest absolute Gasteiger partial charge is 0.507 e. The van der Waals surface area contributed by atoms with Gasteiger partial charge in [0.05, 0.1) is 31.4 Å². The maximum atomic E-state index is 13.2. The number of ether oxygens (including phenoxy) is 2. The van der Waals surface area contributed by atoms with Gasteiger partial charge in [-0.15, -0.1) is 0 Å². The zero-order valence-electron chi connectivity index (χ0n) is 20.6. The number of likely N-dealkylation sites (tertiary alicyclic amines) is 1. The molecule has 0 radical (unpaired) electrons. The van der Waals surface area contributed by atoms with E-state index < -0.39 is 17.7 Å². The number of carbonyl (C=O) groups excluding carboxylic acids is 2. The van der Waals surface area contributed by atoms with Crippen molar-refractivity contribution < 1.29 is 24.2 Å². The minimum Gasteiger partial charge on any atom is -0.507 e. The molecule has 0 spiro atoms. The molecule has 1 atom stereocenters. The van der Waals surface area contributed by atoms with Gasteiger partial charge >= 0.3 is 0 Å². The molecule has 8 heteroatoms. The number of Topliss-reactive ketones (excluding diaryl/α,β-unsaturated/α-hetero) is 1. The maximum absolute atomic E-state index is 13.2. The molecule has 0 bridgehead atoms. The molecule has 2 aliphatic rings. The van der Waals surface area contributed by atoms with Crippen LogP contribution >= 0.6 is 11.6 Å². The van der Waals surface area contributed by atoms with Gasteiger partial charge < -0.3 is 19.5 Å².